The Morgan fingerprint density at radius 3 is 2.67 bits per heavy atom. The summed E-state index contributed by atoms with van der Waals surface area (Å²) in [6, 6.07) is 11.9. The summed E-state index contributed by atoms with van der Waals surface area (Å²) in [5.41, 5.74) is 0.0360. The summed E-state index contributed by atoms with van der Waals surface area (Å²) in [5, 5.41) is 24.6. The number of benzene rings is 2. The van der Waals surface area contributed by atoms with Crippen LogP contribution in [0.5, 0.6) is 5.75 Å². The van der Waals surface area contributed by atoms with E-state index in [1.807, 2.05) is 0 Å². The highest BCUT2D eigenvalue weighted by atomic mass is 16.3. The van der Waals surface area contributed by atoms with Gasteiger partial charge < -0.3 is 20.5 Å². The van der Waals surface area contributed by atoms with Crippen molar-refractivity contribution >= 4 is 22.5 Å². The maximum absolute atomic E-state index is 12.3. The van der Waals surface area contributed by atoms with Crippen molar-refractivity contribution in [3.8, 4) is 5.75 Å². The van der Waals surface area contributed by atoms with E-state index in [2.05, 4.69) is 10.3 Å². The first-order valence-electron chi connectivity index (χ1n) is 6.55. The van der Waals surface area contributed by atoms with Crippen LogP contribution in [0, 0.1) is 0 Å². The van der Waals surface area contributed by atoms with Crippen LogP contribution >= 0.6 is 0 Å². The van der Waals surface area contributed by atoms with Gasteiger partial charge in [0.15, 0.2) is 5.60 Å². The number of carbonyl (C=O) groups is 1. The lowest BCUT2D eigenvalue weighted by atomic mass is 9.86. The van der Waals surface area contributed by atoms with Crippen LogP contribution in [0.2, 0.25) is 0 Å². The van der Waals surface area contributed by atoms with Gasteiger partial charge in [0.1, 0.15) is 5.75 Å². The van der Waals surface area contributed by atoms with Crippen molar-refractivity contribution in [2.24, 2.45) is 0 Å². The Hall–Kier alpha value is -2.79. The summed E-state index contributed by atoms with van der Waals surface area (Å²) in [7, 11) is 0. The predicted octanol–water partition coefficient (Wildman–Crippen LogP) is 2.06. The molecule has 21 heavy (non-hydrogen) atoms. The van der Waals surface area contributed by atoms with Crippen LogP contribution in [-0.4, -0.2) is 21.1 Å². The second kappa shape index (κ2) is 3.86. The molecule has 0 spiro atoms. The third kappa shape index (κ3) is 1.41. The van der Waals surface area contributed by atoms with Gasteiger partial charge in [0.2, 0.25) is 0 Å². The molecule has 5 heteroatoms. The number of nitrogens with one attached hydrogen (secondary N) is 2. The van der Waals surface area contributed by atoms with E-state index in [9.17, 15) is 15.0 Å². The number of hydrogen-bond donors (Lipinski definition) is 4. The van der Waals surface area contributed by atoms with Gasteiger partial charge in [-0.25, -0.2) is 0 Å². The molecule has 0 aliphatic carbocycles. The molecule has 1 aliphatic heterocycles. The van der Waals surface area contributed by atoms with Crippen LogP contribution in [0.1, 0.15) is 11.1 Å². The van der Waals surface area contributed by atoms with E-state index in [1.54, 1.807) is 48.7 Å². The molecular weight excluding hydrogens is 268 g/mol. The zero-order chi connectivity index (χ0) is 14.6. The quantitative estimate of drug-likeness (QED) is 0.550. The summed E-state index contributed by atoms with van der Waals surface area (Å²) in [4.78, 5) is 15.3. The van der Waals surface area contributed by atoms with E-state index in [1.165, 1.54) is 0 Å². The second-order valence-electron chi connectivity index (χ2n) is 5.11. The SMILES string of the molecule is O=C1Nc2ccccc2[C@@]1(O)c1ccc2[nH]ccc2c1O. The normalized spacial score (nSPS) is 20.5. The number of aliphatic hydroxyl groups is 1. The first kappa shape index (κ1) is 12.0. The van der Waals surface area contributed by atoms with Crippen LogP contribution in [0.25, 0.3) is 10.9 Å². The van der Waals surface area contributed by atoms with E-state index in [-0.39, 0.29) is 11.3 Å². The van der Waals surface area contributed by atoms with E-state index in [0.717, 1.165) is 5.52 Å². The number of hydrogen-bond acceptors (Lipinski definition) is 3. The van der Waals surface area contributed by atoms with Gasteiger partial charge in [0, 0.05) is 33.9 Å². The number of aromatic hydroxyl groups is 1. The summed E-state index contributed by atoms with van der Waals surface area (Å²) in [6.07, 6.45) is 1.70. The molecule has 1 aliphatic rings. The average Bonchev–Trinajstić information content (AvgIpc) is 3.05. The first-order valence-corrected chi connectivity index (χ1v) is 6.55. The number of carbonyl (C=O) groups excluding carboxylic acids is 1. The number of phenols is 1. The number of phenolic OH excluding ortho intramolecular Hbond substituents is 1. The molecule has 3 aromatic rings. The van der Waals surface area contributed by atoms with E-state index in [0.29, 0.717) is 16.6 Å². The smallest absolute Gasteiger partial charge is 0.266 e. The number of para-hydroxylation sites is 1. The fourth-order valence-corrected chi connectivity index (χ4v) is 2.92. The lowest BCUT2D eigenvalue weighted by molar-refractivity contribution is -0.129. The topological polar surface area (TPSA) is 85.4 Å². The van der Waals surface area contributed by atoms with Crippen molar-refractivity contribution in [2.45, 2.75) is 5.60 Å². The van der Waals surface area contributed by atoms with Crippen LogP contribution in [0.3, 0.4) is 0 Å². The molecule has 1 aromatic heterocycles. The standard InChI is InChI=1S/C16H12N2O3/c19-14-9-7-8-17-12(9)6-5-11(14)16(21)10-3-1-2-4-13(10)18-15(16)20/h1-8,17,19,21H,(H,18,20)/t16-/m1/s1. The third-order valence-electron chi connectivity index (χ3n) is 3.99. The molecule has 4 N–H and O–H groups in total. The van der Waals surface area contributed by atoms with Crippen molar-refractivity contribution < 1.29 is 15.0 Å². The molecule has 0 unspecified atom stereocenters. The van der Waals surface area contributed by atoms with Crippen molar-refractivity contribution in [1.29, 1.82) is 0 Å². The van der Waals surface area contributed by atoms with Gasteiger partial charge in [-0.2, -0.15) is 0 Å². The average molecular weight is 280 g/mol. The minimum Gasteiger partial charge on any atom is -0.507 e. The maximum atomic E-state index is 12.3. The number of anilines is 1. The lowest BCUT2D eigenvalue weighted by Gasteiger charge is -2.22. The second-order valence-corrected chi connectivity index (χ2v) is 5.11. The molecule has 4 rings (SSSR count). The zero-order valence-corrected chi connectivity index (χ0v) is 10.9. The molecule has 1 amide bonds. The molecule has 5 nitrogen and oxygen atoms in total. The van der Waals surface area contributed by atoms with Gasteiger partial charge in [-0.3, -0.25) is 4.79 Å². The fourth-order valence-electron chi connectivity index (χ4n) is 2.92. The zero-order valence-electron chi connectivity index (χ0n) is 10.9. The summed E-state index contributed by atoms with van der Waals surface area (Å²) in [5.74, 6) is -0.656. The molecule has 0 saturated carbocycles. The van der Waals surface area contributed by atoms with Crippen molar-refractivity contribution in [3.05, 3.63) is 59.8 Å². The molecule has 0 fully saturated rings. The Morgan fingerprint density at radius 2 is 1.81 bits per heavy atom. The molecule has 1 atom stereocenters. The molecular formula is C16H12N2O3. The van der Waals surface area contributed by atoms with Crippen molar-refractivity contribution in [3.63, 3.8) is 0 Å². The largest absolute Gasteiger partial charge is 0.507 e. The van der Waals surface area contributed by atoms with Crippen LogP contribution in [-0.2, 0) is 10.4 Å². The Labute approximate surface area is 119 Å². The minimum atomic E-state index is -1.88. The van der Waals surface area contributed by atoms with Gasteiger partial charge in [-0.15, -0.1) is 0 Å². The molecule has 0 radical (unpaired) electrons. The van der Waals surface area contributed by atoms with Gasteiger partial charge in [-0.05, 0) is 24.3 Å². The first-order chi connectivity index (χ1) is 10.1. The lowest BCUT2D eigenvalue weighted by Crippen LogP contribution is -2.35. The molecule has 2 aromatic carbocycles. The van der Waals surface area contributed by atoms with Gasteiger partial charge in [0.05, 0.1) is 0 Å². The van der Waals surface area contributed by atoms with Crippen molar-refractivity contribution in [1.82, 2.24) is 4.98 Å². The number of amides is 1. The summed E-state index contributed by atoms with van der Waals surface area (Å²) in [6.45, 7) is 0. The fraction of sp³-hybridized carbons (Fsp3) is 0.0625. The van der Waals surface area contributed by atoms with Crippen LogP contribution in [0.15, 0.2) is 48.7 Å². The Balaban J connectivity index is 2.03. The predicted molar refractivity (Wildman–Crippen MR) is 78.0 cm³/mol. The number of rotatable bonds is 1. The summed E-state index contributed by atoms with van der Waals surface area (Å²) >= 11 is 0. The highest BCUT2D eigenvalue weighted by Gasteiger charge is 2.48. The van der Waals surface area contributed by atoms with Gasteiger partial charge in [-0.1, -0.05) is 18.2 Å². The molecule has 0 bridgehead atoms. The number of aromatic nitrogens is 1. The van der Waals surface area contributed by atoms with Crippen molar-refractivity contribution in [2.75, 3.05) is 5.32 Å². The molecule has 104 valence electrons. The number of fused-ring (bicyclic) bond motifs is 2. The van der Waals surface area contributed by atoms with Gasteiger partial charge >= 0.3 is 0 Å². The van der Waals surface area contributed by atoms with E-state index >= 15 is 0 Å². The Bertz CT molecular complexity index is 884. The Kier molecular flexibility index (Phi) is 2.21. The Morgan fingerprint density at radius 1 is 1.00 bits per heavy atom. The van der Waals surface area contributed by atoms with Crippen LogP contribution < -0.4 is 5.32 Å². The highest BCUT2D eigenvalue weighted by Crippen LogP contribution is 2.45. The van der Waals surface area contributed by atoms with Gasteiger partial charge in [0.25, 0.3) is 5.91 Å². The van der Waals surface area contributed by atoms with E-state index < -0.39 is 11.5 Å². The number of aromatic amines is 1. The molecule has 0 saturated heterocycles. The van der Waals surface area contributed by atoms with E-state index in [4.69, 9.17) is 0 Å². The highest BCUT2D eigenvalue weighted by molar-refractivity contribution is 6.08. The minimum absolute atomic E-state index is 0.0943. The molecule has 2 heterocycles. The summed E-state index contributed by atoms with van der Waals surface area (Å²) < 4.78 is 0. The van der Waals surface area contributed by atoms with Crippen LogP contribution in [0.4, 0.5) is 5.69 Å². The maximum Gasteiger partial charge on any atom is 0.266 e. The number of H-pyrrole nitrogens is 1. The third-order valence-corrected chi connectivity index (χ3v) is 3.99. The monoisotopic (exact) mass is 280 g/mol.